The molecule has 64 valence electrons. The van der Waals surface area contributed by atoms with Crippen LogP contribution in [0.2, 0.25) is 0 Å². The first-order chi connectivity index (χ1) is 5.18. The van der Waals surface area contributed by atoms with Crippen molar-refractivity contribution >= 4 is 5.97 Å². The van der Waals surface area contributed by atoms with Gasteiger partial charge in [0.05, 0.1) is 6.61 Å². The van der Waals surface area contributed by atoms with Crippen LogP contribution in [0.25, 0.3) is 0 Å². The zero-order valence-corrected chi connectivity index (χ0v) is 6.50. The van der Waals surface area contributed by atoms with Crippen molar-refractivity contribution in [2.45, 2.75) is 6.42 Å². The van der Waals surface area contributed by atoms with E-state index in [-0.39, 0.29) is 12.4 Å². The first kappa shape index (κ1) is 10.1. The van der Waals surface area contributed by atoms with E-state index >= 15 is 0 Å². The van der Waals surface area contributed by atoms with Gasteiger partial charge in [-0.3, -0.25) is 0 Å². The largest absolute Gasteiger partial charge is 0.478 e. The lowest BCUT2D eigenvalue weighted by molar-refractivity contribution is -0.133. The molecule has 0 spiro atoms. The van der Waals surface area contributed by atoms with Gasteiger partial charge in [0.15, 0.2) is 0 Å². The summed E-state index contributed by atoms with van der Waals surface area (Å²) in [4.78, 5) is 10.2. The van der Waals surface area contributed by atoms with Gasteiger partial charge < -0.3 is 14.6 Å². The third-order valence-electron chi connectivity index (χ3n) is 1.05. The highest BCUT2D eigenvalue weighted by atomic mass is 16.7. The van der Waals surface area contributed by atoms with Crippen molar-refractivity contribution in [3.63, 3.8) is 0 Å². The second kappa shape index (κ2) is 5.88. The van der Waals surface area contributed by atoms with Gasteiger partial charge in [0.25, 0.3) is 0 Å². The van der Waals surface area contributed by atoms with Gasteiger partial charge in [-0.25, -0.2) is 4.79 Å². The minimum atomic E-state index is -0.981. The van der Waals surface area contributed by atoms with Crippen molar-refractivity contribution < 1.29 is 19.4 Å². The van der Waals surface area contributed by atoms with Gasteiger partial charge in [-0.2, -0.15) is 0 Å². The Morgan fingerprint density at radius 1 is 1.64 bits per heavy atom. The van der Waals surface area contributed by atoms with Crippen LogP contribution in [0.5, 0.6) is 0 Å². The number of methoxy groups -OCH3 is 1. The molecule has 0 aliphatic heterocycles. The summed E-state index contributed by atoms with van der Waals surface area (Å²) in [5.41, 5.74) is 0.154. The van der Waals surface area contributed by atoms with E-state index in [1.165, 1.54) is 7.11 Å². The Balaban J connectivity index is 3.25. The van der Waals surface area contributed by atoms with E-state index in [1.54, 1.807) is 0 Å². The molecule has 0 rings (SSSR count). The molecule has 0 saturated heterocycles. The van der Waals surface area contributed by atoms with E-state index in [9.17, 15) is 4.79 Å². The number of carbonyl (C=O) groups is 1. The normalized spacial score (nSPS) is 9.55. The number of aliphatic carboxylic acids is 1. The van der Waals surface area contributed by atoms with Gasteiger partial charge in [0.1, 0.15) is 6.79 Å². The summed E-state index contributed by atoms with van der Waals surface area (Å²) in [6.45, 7) is 3.85. The van der Waals surface area contributed by atoms with Crippen LogP contribution in [0.3, 0.4) is 0 Å². The number of hydrogen-bond donors (Lipinski definition) is 1. The minimum absolute atomic E-state index is 0.154. The molecule has 0 atom stereocenters. The predicted octanol–water partition coefficient (Wildman–Crippen LogP) is 0.638. The van der Waals surface area contributed by atoms with E-state index in [4.69, 9.17) is 9.84 Å². The van der Waals surface area contributed by atoms with E-state index in [0.29, 0.717) is 13.0 Å². The number of ether oxygens (including phenoxy) is 2. The molecule has 0 aliphatic carbocycles. The molecule has 4 nitrogen and oxygen atoms in total. The van der Waals surface area contributed by atoms with E-state index < -0.39 is 5.97 Å². The Morgan fingerprint density at radius 2 is 2.27 bits per heavy atom. The van der Waals surface area contributed by atoms with Gasteiger partial charge in [0.2, 0.25) is 0 Å². The lowest BCUT2D eigenvalue weighted by atomic mass is 10.2. The summed E-state index contributed by atoms with van der Waals surface area (Å²) < 4.78 is 9.44. The molecule has 0 unspecified atom stereocenters. The molecule has 0 fully saturated rings. The highest BCUT2D eigenvalue weighted by molar-refractivity contribution is 5.85. The molecule has 0 aromatic heterocycles. The fourth-order valence-electron chi connectivity index (χ4n) is 0.445. The molecule has 0 bridgehead atoms. The molecule has 0 aromatic carbocycles. The van der Waals surface area contributed by atoms with Crippen LogP contribution in [-0.4, -0.2) is 31.6 Å². The van der Waals surface area contributed by atoms with Crippen molar-refractivity contribution in [3.05, 3.63) is 12.2 Å². The summed E-state index contributed by atoms with van der Waals surface area (Å²) in [6, 6.07) is 0. The Labute approximate surface area is 65.4 Å². The van der Waals surface area contributed by atoms with E-state index in [2.05, 4.69) is 11.3 Å². The van der Waals surface area contributed by atoms with Crippen LogP contribution in [-0.2, 0) is 14.3 Å². The fourth-order valence-corrected chi connectivity index (χ4v) is 0.445. The molecule has 4 heteroatoms. The molecule has 0 aromatic rings. The standard InChI is InChI=1S/C7H12O4/c1-6(7(8)9)3-4-11-5-10-2/h1,3-5H2,2H3,(H,8,9). The zero-order chi connectivity index (χ0) is 8.69. The maximum atomic E-state index is 10.2. The summed E-state index contributed by atoms with van der Waals surface area (Å²) in [7, 11) is 1.51. The highest BCUT2D eigenvalue weighted by Gasteiger charge is 2.02. The fraction of sp³-hybridized carbons (Fsp3) is 0.571. The van der Waals surface area contributed by atoms with E-state index in [0.717, 1.165) is 0 Å². The first-order valence-corrected chi connectivity index (χ1v) is 3.16. The van der Waals surface area contributed by atoms with Gasteiger partial charge in [0, 0.05) is 19.1 Å². The third kappa shape index (κ3) is 5.57. The van der Waals surface area contributed by atoms with Crippen molar-refractivity contribution in [1.29, 1.82) is 0 Å². The summed E-state index contributed by atoms with van der Waals surface area (Å²) >= 11 is 0. The Hall–Kier alpha value is -0.870. The van der Waals surface area contributed by atoms with Crippen molar-refractivity contribution in [2.75, 3.05) is 20.5 Å². The maximum Gasteiger partial charge on any atom is 0.331 e. The average Bonchev–Trinajstić information content (AvgIpc) is 1.97. The van der Waals surface area contributed by atoms with Crippen molar-refractivity contribution in [3.8, 4) is 0 Å². The Bertz CT molecular complexity index is 141. The van der Waals surface area contributed by atoms with Crippen LogP contribution in [0.1, 0.15) is 6.42 Å². The van der Waals surface area contributed by atoms with Crippen LogP contribution < -0.4 is 0 Å². The molecule has 0 aliphatic rings. The smallest absolute Gasteiger partial charge is 0.331 e. The minimum Gasteiger partial charge on any atom is -0.478 e. The van der Waals surface area contributed by atoms with Crippen LogP contribution in [0.4, 0.5) is 0 Å². The number of carboxylic acids is 1. The van der Waals surface area contributed by atoms with Crippen LogP contribution in [0.15, 0.2) is 12.2 Å². The molecule has 11 heavy (non-hydrogen) atoms. The van der Waals surface area contributed by atoms with Crippen molar-refractivity contribution in [1.82, 2.24) is 0 Å². The second-order valence-corrected chi connectivity index (χ2v) is 1.97. The monoisotopic (exact) mass is 160 g/mol. The molecular weight excluding hydrogens is 148 g/mol. The lowest BCUT2D eigenvalue weighted by Gasteiger charge is -2.01. The molecule has 0 radical (unpaired) electrons. The first-order valence-electron chi connectivity index (χ1n) is 3.16. The number of carboxylic acid groups (broad SMARTS) is 1. The molecule has 0 saturated carbocycles. The Kier molecular flexibility index (Phi) is 5.42. The highest BCUT2D eigenvalue weighted by Crippen LogP contribution is 1.97. The quantitative estimate of drug-likeness (QED) is 0.352. The molecule has 1 N–H and O–H groups in total. The van der Waals surface area contributed by atoms with Gasteiger partial charge in [-0.1, -0.05) is 6.58 Å². The molecule has 0 heterocycles. The topological polar surface area (TPSA) is 55.8 Å². The van der Waals surface area contributed by atoms with Crippen molar-refractivity contribution in [2.24, 2.45) is 0 Å². The Morgan fingerprint density at radius 3 is 2.73 bits per heavy atom. The number of hydrogen-bond acceptors (Lipinski definition) is 3. The summed E-state index contributed by atoms with van der Waals surface area (Å²) in [5.74, 6) is -0.981. The zero-order valence-electron chi connectivity index (χ0n) is 6.50. The third-order valence-corrected chi connectivity index (χ3v) is 1.05. The van der Waals surface area contributed by atoms with Gasteiger partial charge in [-0.05, 0) is 0 Å². The van der Waals surface area contributed by atoms with E-state index in [1.807, 2.05) is 0 Å². The maximum absolute atomic E-state index is 10.2. The SMILES string of the molecule is C=C(CCOCOC)C(=O)O. The summed E-state index contributed by atoms with van der Waals surface area (Å²) in [5, 5.41) is 8.35. The predicted molar refractivity (Wildman–Crippen MR) is 39.2 cm³/mol. The lowest BCUT2D eigenvalue weighted by Crippen LogP contribution is -2.04. The van der Waals surface area contributed by atoms with Crippen LogP contribution in [0, 0.1) is 0 Å². The average molecular weight is 160 g/mol. The summed E-state index contributed by atoms with van der Waals surface area (Å²) in [6.07, 6.45) is 0.332. The number of rotatable bonds is 6. The van der Waals surface area contributed by atoms with Gasteiger partial charge in [-0.15, -0.1) is 0 Å². The van der Waals surface area contributed by atoms with Crippen LogP contribution >= 0.6 is 0 Å². The van der Waals surface area contributed by atoms with Gasteiger partial charge >= 0.3 is 5.97 Å². The molecular formula is C7H12O4. The molecule has 0 amide bonds. The second-order valence-electron chi connectivity index (χ2n) is 1.97.